The summed E-state index contributed by atoms with van der Waals surface area (Å²) in [5.74, 6) is 0.677. The maximum atomic E-state index is 6.23. The fourth-order valence-corrected chi connectivity index (χ4v) is 9.96. The smallest absolute Gasteiger partial charge is 0.160 e. The Morgan fingerprint density at radius 2 is 0.839 bits per heavy atom. The number of furan rings is 1. The molecule has 0 radical (unpaired) electrons. The Labute approximate surface area is 360 Å². The molecule has 0 saturated carbocycles. The summed E-state index contributed by atoms with van der Waals surface area (Å²) in [5.41, 5.74) is 17.8. The molecule has 1 aliphatic carbocycles. The van der Waals surface area contributed by atoms with Crippen molar-refractivity contribution >= 4 is 21.9 Å². The number of fused-ring (bicyclic) bond motifs is 6. The maximum Gasteiger partial charge on any atom is 0.160 e. The largest absolute Gasteiger partial charge is 0.456 e. The Kier molecular flexibility index (Phi) is 8.39. The van der Waals surface area contributed by atoms with E-state index >= 15 is 0 Å². The lowest BCUT2D eigenvalue weighted by atomic mass is 9.66. The minimum atomic E-state index is -0.596. The summed E-state index contributed by atoms with van der Waals surface area (Å²) in [6.45, 7) is 0. The van der Waals surface area contributed by atoms with Gasteiger partial charge in [-0.25, -0.2) is 9.97 Å². The van der Waals surface area contributed by atoms with Gasteiger partial charge in [-0.15, -0.1) is 0 Å². The Bertz CT molecular complexity index is 3420. The molecule has 0 fully saturated rings. The van der Waals surface area contributed by atoms with E-state index in [9.17, 15) is 0 Å². The predicted molar refractivity (Wildman–Crippen MR) is 254 cm³/mol. The molecule has 0 unspecified atom stereocenters. The summed E-state index contributed by atoms with van der Waals surface area (Å²) in [6, 6.07) is 82.2. The summed E-state index contributed by atoms with van der Waals surface area (Å²) >= 11 is 0. The van der Waals surface area contributed by atoms with Gasteiger partial charge in [0.05, 0.1) is 16.8 Å². The van der Waals surface area contributed by atoms with Gasteiger partial charge in [-0.05, 0) is 79.9 Å². The van der Waals surface area contributed by atoms with Crippen molar-refractivity contribution in [1.82, 2.24) is 9.97 Å². The van der Waals surface area contributed by atoms with Crippen molar-refractivity contribution in [3.63, 3.8) is 0 Å². The molecule has 2 aromatic heterocycles. The lowest BCUT2D eigenvalue weighted by Gasteiger charge is -2.35. The monoisotopic (exact) mass is 790 g/mol. The van der Waals surface area contributed by atoms with E-state index in [1.807, 2.05) is 18.2 Å². The third kappa shape index (κ3) is 5.59. The molecule has 2 heterocycles. The van der Waals surface area contributed by atoms with Crippen LogP contribution in [0.25, 0.3) is 89.2 Å². The van der Waals surface area contributed by atoms with Gasteiger partial charge in [-0.1, -0.05) is 206 Å². The highest BCUT2D eigenvalue weighted by Gasteiger charge is 2.47. The Hall–Kier alpha value is -8.14. The quantitative estimate of drug-likeness (QED) is 0.161. The Morgan fingerprint density at radius 1 is 0.323 bits per heavy atom. The average molecular weight is 791 g/mol. The fourth-order valence-electron chi connectivity index (χ4n) is 9.96. The average Bonchev–Trinajstić information content (AvgIpc) is 3.88. The van der Waals surface area contributed by atoms with Crippen molar-refractivity contribution in [3.8, 4) is 67.3 Å². The van der Waals surface area contributed by atoms with Crippen molar-refractivity contribution in [2.75, 3.05) is 0 Å². The first-order chi connectivity index (χ1) is 30.8. The first kappa shape index (κ1) is 35.8. The van der Waals surface area contributed by atoms with Crippen LogP contribution in [0.2, 0.25) is 0 Å². The highest BCUT2D eigenvalue weighted by Crippen LogP contribution is 2.58. The third-order valence-corrected chi connectivity index (χ3v) is 12.6. The molecule has 62 heavy (non-hydrogen) atoms. The standard InChI is InChI=1S/C59H38N2O/c1-4-19-39(20-5-1)58-60-53(47-29-13-12-27-45(47)44-26-11-10-25-43(44)40-35-36-56-51(37-40)48-30-15-17-34-55(48)62-56)38-54(61-58)50-32-18-31-49-46-28-14-16-33-52(46)59(57(49)50,41-21-6-2-7-22-41)42-23-8-3-9-24-42/h1-38H. The van der Waals surface area contributed by atoms with Crippen molar-refractivity contribution in [3.05, 3.63) is 253 Å². The first-order valence-corrected chi connectivity index (χ1v) is 21.2. The molecule has 0 atom stereocenters. The second-order valence-electron chi connectivity index (χ2n) is 16.0. The van der Waals surface area contributed by atoms with Crippen LogP contribution in [0.4, 0.5) is 0 Å². The second kappa shape index (κ2) is 14.5. The summed E-state index contributed by atoms with van der Waals surface area (Å²) in [7, 11) is 0. The van der Waals surface area contributed by atoms with Crippen LogP contribution in [-0.2, 0) is 5.41 Å². The highest BCUT2D eigenvalue weighted by molar-refractivity contribution is 6.07. The summed E-state index contributed by atoms with van der Waals surface area (Å²) in [6.07, 6.45) is 0. The summed E-state index contributed by atoms with van der Waals surface area (Å²) in [5, 5.41) is 2.22. The Morgan fingerprint density at radius 3 is 1.56 bits per heavy atom. The molecule has 0 saturated heterocycles. The summed E-state index contributed by atoms with van der Waals surface area (Å²) < 4.78 is 6.23. The van der Waals surface area contributed by atoms with E-state index in [1.165, 1.54) is 33.4 Å². The third-order valence-electron chi connectivity index (χ3n) is 12.6. The molecule has 3 heteroatoms. The number of para-hydroxylation sites is 1. The molecule has 12 rings (SSSR count). The van der Waals surface area contributed by atoms with Crippen molar-refractivity contribution < 1.29 is 4.42 Å². The molecule has 1 aliphatic rings. The van der Waals surface area contributed by atoms with Gasteiger partial charge in [0.15, 0.2) is 5.82 Å². The zero-order valence-corrected chi connectivity index (χ0v) is 33.7. The van der Waals surface area contributed by atoms with E-state index in [0.29, 0.717) is 5.82 Å². The van der Waals surface area contributed by atoms with Crippen molar-refractivity contribution in [2.24, 2.45) is 0 Å². The molecule has 11 aromatic rings. The van der Waals surface area contributed by atoms with Crippen molar-refractivity contribution in [2.45, 2.75) is 5.41 Å². The molecule has 290 valence electrons. The van der Waals surface area contributed by atoms with E-state index in [4.69, 9.17) is 14.4 Å². The maximum absolute atomic E-state index is 6.23. The van der Waals surface area contributed by atoms with E-state index in [2.05, 4.69) is 212 Å². The van der Waals surface area contributed by atoms with Gasteiger partial charge in [-0.3, -0.25) is 0 Å². The van der Waals surface area contributed by atoms with Crippen LogP contribution in [0.1, 0.15) is 22.3 Å². The van der Waals surface area contributed by atoms with Crippen LogP contribution in [0.3, 0.4) is 0 Å². The molecule has 0 amide bonds. The zero-order chi connectivity index (χ0) is 41.0. The van der Waals surface area contributed by atoms with E-state index in [-0.39, 0.29) is 0 Å². The minimum absolute atomic E-state index is 0.596. The molecule has 9 aromatic carbocycles. The van der Waals surface area contributed by atoms with E-state index in [0.717, 1.165) is 72.3 Å². The van der Waals surface area contributed by atoms with Crippen LogP contribution < -0.4 is 0 Å². The Balaban J connectivity index is 1.10. The predicted octanol–water partition coefficient (Wildman–Crippen LogP) is 15.1. The second-order valence-corrected chi connectivity index (χ2v) is 16.0. The van der Waals surface area contributed by atoms with Crippen LogP contribution in [0.5, 0.6) is 0 Å². The van der Waals surface area contributed by atoms with E-state index < -0.39 is 5.41 Å². The zero-order valence-electron chi connectivity index (χ0n) is 33.7. The topological polar surface area (TPSA) is 38.9 Å². The van der Waals surface area contributed by atoms with Crippen LogP contribution in [0.15, 0.2) is 235 Å². The number of nitrogens with zero attached hydrogens (tertiary/aromatic N) is 2. The number of aromatic nitrogens is 2. The van der Waals surface area contributed by atoms with Crippen LogP contribution >= 0.6 is 0 Å². The molecule has 0 aliphatic heterocycles. The fraction of sp³-hybridized carbons (Fsp3) is 0.0169. The van der Waals surface area contributed by atoms with Gasteiger partial charge in [0, 0.05) is 27.5 Å². The SMILES string of the molecule is c1ccc(-c2nc(-c3ccccc3-c3ccccc3-c3ccc4oc5ccccc5c4c3)cc(-c3cccc4c3C(c3ccccc3)(c3ccccc3)c3ccccc3-4)n2)cc1. The molecule has 0 N–H and O–H groups in total. The number of benzene rings is 9. The summed E-state index contributed by atoms with van der Waals surface area (Å²) in [4.78, 5) is 10.9. The first-order valence-electron chi connectivity index (χ1n) is 21.2. The van der Waals surface area contributed by atoms with Crippen LogP contribution in [-0.4, -0.2) is 9.97 Å². The molecule has 3 nitrogen and oxygen atoms in total. The van der Waals surface area contributed by atoms with Crippen molar-refractivity contribution in [1.29, 1.82) is 0 Å². The van der Waals surface area contributed by atoms with Crippen LogP contribution in [0, 0.1) is 0 Å². The lowest BCUT2D eigenvalue weighted by Crippen LogP contribution is -2.29. The van der Waals surface area contributed by atoms with E-state index in [1.54, 1.807) is 0 Å². The highest BCUT2D eigenvalue weighted by atomic mass is 16.3. The molecular weight excluding hydrogens is 753 g/mol. The minimum Gasteiger partial charge on any atom is -0.456 e. The van der Waals surface area contributed by atoms with Gasteiger partial charge >= 0.3 is 0 Å². The molecule has 0 spiro atoms. The number of rotatable bonds is 7. The molecule has 0 bridgehead atoms. The van der Waals surface area contributed by atoms with Gasteiger partial charge in [-0.2, -0.15) is 0 Å². The van der Waals surface area contributed by atoms with Gasteiger partial charge in [0.2, 0.25) is 0 Å². The number of hydrogen-bond acceptors (Lipinski definition) is 3. The van der Waals surface area contributed by atoms with Gasteiger partial charge in [0.1, 0.15) is 11.2 Å². The number of hydrogen-bond donors (Lipinski definition) is 0. The van der Waals surface area contributed by atoms with Gasteiger partial charge < -0.3 is 4.42 Å². The normalized spacial score (nSPS) is 12.6. The lowest BCUT2D eigenvalue weighted by molar-refractivity contribution is 0.669. The molecular formula is C59H38N2O. The van der Waals surface area contributed by atoms with Gasteiger partial charge in [0.25, 0.3) is 0 Å².